The summed E-state index contributed by atoms with van der Waals surface area (Å²) in [5.41, 5.74) is 5.41. The molecule has 0 aromatic rings. The van der Waals surface area contributed by atoms with Gasteiger partial charge in [-0.2, -0.15) is 0 Å². The number of unbranched alkanes of at least 4 members (excludes halogenated alkanes) is 40. The number of aliphatic hydroxyl groups excluding tert-OH is 1. The largest absolute Gasteiger partial charge is 0.472 e. The summed E-state index contributed by atoms with van der Waals surface area (Å²) in [7, 11) is -4.32. The lowest BCUT2D eigenvalue weighted by Crippen LogP contribution is -2.46. The normalized spacial score (nSPS) is 13.7. The molecular formula is C52H107N2O6P. The van der Waals surface area contributed by atoms with Crippen LogP contribution < -0.4 is 11.1 Å². The Balaban J connectivity index is 3.97. The lowest BCUT2D eigenvalue weighted by Gasteiger charge is -2.25. The predicted molar refractivity (Wildman–Crippen MR) is 263 cm³/mol. The molecule has 8 nitrogen and oxygen atoms in total. The van der Waals surface area contributed by atoms with E-state index in [1.54, 1.807) is 0 Å². The average Bonchev–Trinajstić information content (AvgIpc) is 3.25. The molecule has 0 saturated heterocycles. The van der Waals surface area contributed by atoms with E-state index >= 15 is 0 Å². The summed E-state index contributed by atoms with van der Waals surface area (Å²) in [6.45, 7) is 4.27. The van der Waals surface area contributed by atoms with Crippen molar-refractivity contribution in [2.24, 2.45) is 5.73 Å². The second-order valence-corrected chi connectivity index (χ2v) is 20.3. The van der Waals surface area contributed by atoms with Gasteiger partial charge in [-0.25, -0.2) is 4.57 Å². The van der Waals surface area contributed by atoms with Crippen LogP contribution >= 0.6 is 7.82 Å². The van der Waals surface area contributed by atoms with Crippen molar-refractivity contribution in [1.29, 1.82) is 0 Å². The molecule has 0 fully saturated rings. The third-order valence-corrected chi connectivity index (χ3v) is 13.7. The van der Waals surface area contributed by atoms with E-state index in [9.17, 15) is 19.4 Å². The third kappa shape index (κ3) is 47.3. The molecule has 61 heavy (non-hydrogen) atoms. The fraction of sp³-hybridized carbons (Fsp3) is 0.981. The molecule has 0 radical (unpaired) electrons. The Hall–Kier alpha value is -0.500. The van der Waals surface area contributed by atoms with E-state index in [-0.39, 0.29) is 25.7 Å². The quantitative estimate of drug-likeness (QED) is 0.0353. The fourth-order valence-electron chi connectivity index (χ4n) is 8.61. The summed E-state index contributed by atoms with van der Waals surface area (Å²) in [5.74, 6) is -0.153. The predicted octanol–water partition coefficient (Wildman–Crippen LogP) is 16.1. The molecule has 0 bridgehead atoms. The summed E-state index contributed by atoms with van der Waals surface area (Å²) in [6, 6.07) is -0.769. The smallest absolute Gasteiger partial charge is 0.391 e. The van der Waals surface area contributed by atoms with E-state index in [0.29, 0.717) is 12.8 Å². The van der Waals surface area contributed by atoms with Crippen LogP contribution in [0.4, 0.5) is 0 Å². The van der Waals surface area contributed by atoms with Crippen molar-refractivity contribution in [2.75, 3.05) is 19.8 Å². The second kappa shape index (κ2) is 48.9. The number of aliphatic hydroxyl groups is 1. The van der Waals surface area contributed by atoms with Crippen molar-refractivity contribution >= 4 is 13.7 Å². The van der Waals surface area contributed by atoms with E-state index in [0.717, 1.165) is 38.5 Å². The van der Waals surface area contributed by atoms with Gasteiger partial charge in [-0.3, -0.25) is 13.8 Å². The fourth-order valence-corrected chi connectivity index (χ4v) is 9.37. The number of hydrogen-bond donors (Lipinski definition) is 4. The highest BCUT2D eigenvalue weighted by Gasteiger charge is 2.27. The first-order valence-corrected chi connectivity index (χ1v) is 28.6. The van der Waals surface area contributed by atoms with Crippen LogP contribution in [-0.4, -0.2) is 47.8 Å². The zero-order valence-corrected chi connectivity index (χ0v) is 41.8. The van der Waals surface area contributed by atoms with Crippen LogP contribution in [0, 0.1) is 0 Å². The van der Waals surface area contributed by atoms with Crippen LogP contribution in [0.2, 0.25) is 0 Å². The zero-order chi connectivity index (χ0) is 44.6. The standard InChI is InChI=1S/C52H107N2O6P/c1-3-5-7-9-11-13-15-17-19-21-23-25-26-28-30-32-34-36-38-40-42-44-46-52(56)54-50(49-60-61(57,58)59-48-47-53)51(55)45-43-41-39-37-35-33-31-29-27-24-22-20-18-16-14-12-10-8-6-4-2/h50-51,55H,3-49,53H2,1-2H3,(H,54,56)(H,57,58). The number of carbonyl (C=O) groups excluding carboxylic acids is 1. The molecule has 3 atom stereocenters. The molecule has 0 aliphatic rings. The highest BCUT2D eigenvalue weighted by atomic mass is 31.2. The van der Waals surface area contributed by atoms with Gasteiger partial charge in [-0.05, 0) is 12.8 Å². The van der Waals surface area contributed by atoms with Gasteiger partial charge >= 0.3 is 7.82 Å². The van der Waals surface area contributed by atoms with E-state index in [2.05, 4.69) is 19.2 Å². The molecule has 0 aliphatic carbocycles. The Labute approximate surface area is 380 Å². The molecule has 3 unspecified atom stereocenters. The molecule has 0 aromatic carbocycles. The Morgan fingerprint density at radius 2 is 0.754 bits per heavy atom. The number of rotatable bonds is 52. The summed E-state index contributed by atoms with van der Waals surface area (Å²) < 4.78 is 22.3. The molecule has 1 amide bonds. The molecule has 0 aliphatic heterocycles. The molecule has 9 heteroatoms. The van der Waals surface area contributed by atoms with Gasteiger partial charge in [0.05, 0.1) is 25.4 Å². The average molecular weight is 887 g/mol. The van der Waals surface area contributed by atoms with Gasteiger partial charge in [0, 0.05) is 13.0 Å². The summed E-state index contributed by atoms with van der Waals surface area (Å²) >= 11 is 0. The number of amides is 1. The molecular weight excluding hydrogens is 780 g/mol. The molecule has 0 rings (SSSR count). The number of phosphoric ester groups is 1. The van der Waals surface area contributed by atoms with Gasteiger partial charge in [-0.15, -0.1) is 0 Å². The number of nitrogens with one attached hydrogen (secondary N) is 1. The molecule has 0 heterocycles. The summed E-state index contributed by atoms with van der Waals surface area (Å²) in [4.78, 5) is 22.9. The second-order valence-electron chi connectivity index (χ2n) is 18.8. The number of carbonyl (C=O) groups is 1. The van der Waals surface area contributed by atoms with Gasteiger partial charge in [0.2, 0.25) is 5.91 Å². The lowest BCUT2D eigenvalue weighted by atomic mass is 10.0. The molecule has 366 valence electrons. The zero-order valence-electron chi connectivity index (χ0n) is 40.9. The Kier molecular flexibility index (Phi) is 48.5. The maximum absolute atomic E-state index is 12.9. The van der Waals surface area contributed by atoms with Crippen molar-refractivity contribution in [3.05, 3.63) is 0 Å². The Bertz CT molecular complexity index is 926. The number of hydrogen-bond acceptors (Lipinski definition) is 6. The van der Waals surface area contributed by atoms with Crippen LogP contribution in [0.1, 0.15) is 296 Å². The topological polar surface area (TPSA) is 131 Å². The highest BCUT2D eigenvalue weighted by molar-refractivity contribution is 7.47. The van der Waals surface area contributed by atoms with E-state index < -0.39 is 20.0 Å². The van der Waals surface area contributed by atoms with Gasteiger partial charge in [0.1, 0.15) is 0 Å². The monoisotopic (exact) mass is 887 g/mol. The molecule has 5 N–H and O–H groups in total. The van der Waals surface area contributed by atoms with Gasteiger partial charge in [-0.1, -0.05) is 277 Å². The molecule has 0 aromatic heterocycles. The lowest BCUT2D eigenvalue weighted by molar-refractivity contribution is -0.123. The third-order valence-electron chi connectivity index (χ3n) is 12.7. The first-order chi connectivity index (χ1) is 29.9. The minimum Gasteiger partial charge on any atom is -0.391 e. The first-order valence-electron chi connectivity index (χ1n) is 27.2. The SMILES string of the molecule is CCCCCCCCCCCCCCCCCCCCCCCCC(=O)NC(COP(=O)(O)OCCN)C(O)CCCCCCCCCCCCCCCCCCCCCC. The first kappa shape index (κ1) is 60.5. The van der Waals surface area contributed by atoms with Crippen LogP contribution in [0.25, 0.3) is 0 Å². The van der Waals surface area contributed by atoms with E-state index in [1.165, 1.54) is 231 Å². The van der Waals surface area contributed by atoms with Crippen LogP contribution in [-0.2, 0) is 18.4 Å². The van der Waals surface area contributed by atoms with Crippen LogP contribution in [0.5, 0.6) is 0 Å². The maximum Gasteiger partial charge on any atom is 0.472 e. The van der Waals surface area contributed by atoms with Gasteiger partial charge < -0.3 is 21.1 Å². The molecule has 0 spiro atoms. The van der Waals surface area contributed by atoms with Crippen LogP contribution in [0.15, 0.2) is 0 Å². The van der Waals surface area contributed by atoms with Gasteiger partial charge in [0.15, 0.2) is 0 Å². The minimum absolute atomic E-state index is 0.0929. The number of phosphoric acid groups is 1. The van der Waals surface area contributed by atoms with Gasteiger partial charge in [0.25, 0.3) is 0 Å². The van der Waals surface area contributed by atoms with Crippen molar-refractivity contribution in [2.45, 2.75) is 309 Å². The summed E-state index contributed by atoms with van der Waals surface area (Å²) in [5, 5.41) is 13.9. The Morgan fingerprint density at radius 3 is 1.05 bits per heavy atom. The van der Waals surface area contributed by atoms with Crippen molar-refractivity contribution in [3.8, 4) is 0 Å². The highest BCUT2D eigenvalue weighted by Crippen LogP contribution is 2.43. The van der Waals surface area contributed by atoms with E-state index in [1.807, 2.05) is 0 Å². The van der Waals surface area contributed by atoms with Crippen molar-refractivity contribution in [3.63, 3.8) is 0 Å². The minimum atomic E-state index is -4.32. The van der Waals surface area contributed by atoms with Crippen molar-refractivity contribution < 1.29 is 28.4 Å². The number of nitrogens with two attached hydrogens (primary N) is 1. The maximum atomic E-state index is 12.9. The Morgan fingerprint density at radius 1 is 0.475 bits per heavy atom. The van der Waals surface area contributed by atoms with Crippen LogP contribution in [0.3, 0.4) is 0 Å². The van der Waals surface area contributed by atoms with E-state index in [4.69, 9.17) is 14.8 Å². The molecule has 0 saturated carbocycles. The van der Waals surface area contributed by atoms with Crippen molar-refractivity contribution in [1.82, 2.24) is 5.32 Å². The summed E-state index contributed by atoms with van der Waals surface area (Å²) in [6.07, 6.45) is 55.6.